The number of carboxylic acids is 1. The molecule has 0 aliphatic carbocycles. The second-order valence-corrected chi connectivity index (χ2v) is 4.99. The highest BCUT2D eigenvalue weighted by atomic mass is 16.5. The molecule has 0 bridgehead atoms. The van der Waals surface area contributed by atoms with E-state index < -0.39 is 11.7 Å². The molecule has 0 atom stereocenters. The van der Waals surface area contributed by atoms with Gasteiger partial charge >= 0.3 is 11.7 Å². The van der Waals surface area contributed by atoms with E-state index in [9.17, 15) is 9.59 Å². The summed E-state index contributed by atoms with van der Waals surface area (Å²) in [5.41, 5.74) is -0.109. The van der Waals surface area contributed by atoms with Crippen molar-refractivity contribution in [1.29, 1.82) is 0 Å². The summed E-state index contributed by atoms with van der Waals surface area (Å²) in [6.07, 6.45) is 2.06. The summed E-state index contributed by atoms with van der Waals surface area (Å²) in [5.74, 6) is -0.550. The van der Waals surface area contributed by atoms with Crippen LogP contribution in [0.15, 0.2) is 4.79 Å². The predicted molar refractivity (Wildman–Crippen MR) is 68.2 cm³/mol. The van der Waals surface area contributed by atoms with Gasteiger partial charge in [0.25, 0.3) is 0 Å². The van der Waals surface area contributed by atoms with E-state index in [1.165, 1.54) is 0 Å². The van der Waals surface area contributed by atoms with Crippen LogP contribution >= 0.6 is 0 Å². The van der Waals surface area contributed by atoms with E-state index in [0.717, 1.165) is 32.6 Å². The average molecular weight is 269 g/mol. The third kappa shape index (κ3) is 3.68. The molecule has 0 amide bonds. The van der Waals surface area contributed by atoms with Crippen molar-refractivity contribution in [2.24, 2.45) is 5.92 Å². The highest BCUT2D eigenvalue weighted by Gasteiger charge is 2.19. The van der Waals surface area contributed by atoms with Crippen molar-refractivity contribution in [1.82, 2.24) is 14.9 Å². The number of nitrogens with zero attached hydrogens (tertiary/aromatic N) is 1. The maximum absolute atomic E-state index is 11.2. The van der Waals surface area contributed by atoms with Crippen molar-refractivity contribution in [3.8, 4) is 0 Å². The number of hydrogen-bond acceptors (Lipinski definition) is 4. The van der Waals surface area contributed by atoms with Crippen molar-refractivity contribution in [3.05, 3.63) is 21.9 Å². The van der Waals surface area contributed by atoms with Crippen LogP contribution in [0.3, 0.4) is 0 Å². The van der Waals surface area contributed by atoms with Crippen LogP contribution in [-0.4, -0.2) is 52.7 Å². The Bertz CT molecular complexity index is 487. The fourth-order valence-corrected chi connectivity index (χ4v) is 2.43. The number of rotatable bonds is 5. The molecule has 7 nitrogen and oxygen atoms in total. The molecule has 7 heteroatoms. The van der Waals surface area contributed by atoms with Gasteiger partial charge in [0.2, 0.25) is 0 Å². The number of ether oxygens (including phenoxy) is 1. The zero-order chi connectivity index (χ0) is 13.8. The number of H-pyrrole nitrogens is 2. The molecular formula is C12H19N3O4. The summed E-state index contributed by atoms with van der Waals surface area (Å²) in [4.78, 5) is 29.0. The largest absolute Gasteiger partial charge is 0.477 e. The summed E-state index contributed by atoms with van der Waals surface area (Å²) in [6, 6.07) is 0. The minimum Gasteiger partial charge on any atom is -0.477 e. The number of aromatic nitrogens is 2. The minimum atomic E-state index is -1.12. The molecule has 106 valence electrons. The Kier molecular flexibility index (Phi) is 4.39. The number of hydrogen-bond donors (Lipinski definition) is 3. The van der Waals surface area contributed by atoms with Crippen molar-refractivity contribution in [2.45, 2.75) is 19.4 Å². The van der Waals surface area contributed by atoms with E-state index in [-0.39, 0.29) is 5.69 Å². The molecule has 0 aromatic carbocycles. The molecule has 3 N–H and O–H groups in total. The van der Waals surface area contributed by atoms with Crippen LogP contribution in [0.5, 0.6) is 0 Å². The number of carboxylic acid groups (broad SMARTS) is 1. The van der Waals surface area contributed by atoms with E-state index in [4.69, 9.17) is 9.84 Å². The smallest absolute Gasteiger partial charge is 0.354 e. The summed E-state index contributed by atoms with van der Waals surface area (Å²) in [5, 5.41) is 8.99. The van der Waals surface area contributed by atoms with Gasteiger partial charge in [0.05, 0.1) is 5.69 Å². The molecule has 1 aliphatic rings. The molecule has 2 heterocycles. The predicted octanol–water partition coefficient (Wildman–Crippen LogP) is 0.260. The number of nitrogens with one attached hydrogen (secondary N) is 2. The highest BCUT2D eigenvalue weighted by Crippen LogP contribution is 2.16. The molecule has 19 heavy (non-hydrogen) atoms. The Morgan fingerprint density at radius 1 is 1.42 bits per heavy atom. The summed E-state index contributed by atoms with van der Waals surface area (Å²) >= 11 is 0. The Morgan fingerprint density at radius 2 is 2.11 bits per heavy atom. The van der Waals surface area contributed by atoms with Gasteiger partial charge in [-0.1, -0.05) is 0 Å². The van der Waals surface area contributed by atoms with E-state index in [1.807, 2.05) is 11.9 Å². The Balaban J connectivity index is 1.96. The fraction of sp³-hybridized carbons (Fsp3) is 0.667. The average Bonchev–Trinajstić information content (AvgIpc) is 2.71. The molecule has 1 fully saturated rings. The fourth-order valence-electron chi connectivity index (χ4n) is 2.43. The van der Waals surface area contributed by atoms with Crippen molar-refractivity contribution in [3.63, 3.8) is 0 Å². The van der Waals surface area contributed by atoms with Gasteiger partial charge in [-0.05, 0) is 25.8 Å². The van der Waals surface area contributed by atoms with Crippen molar-refractivity contribution < 1.29 is 14.6 Å². The van der Waals surface area contributed by atoms with Crippen molar-refractivity contribution >= 4 is 5.97 Å². The molecular weight excluding hydrogens is 250 g/mol. The first-order valence-electron chi connectivity index (χ1n) is 6.37. The summed E-state index contributed by atoms with van der Waals surface area (Å²) in [7, 11) is 1.92. The monoisotopic (exact) mass is 269 g/mol. The van der Waals surface area contributed by atoms with Gasteiger partial charge < -0.3 is 19.7 Å². The highest BCUT2D eigenvalue weighted by molar-refractivity contribution is 5.86. The third-order valence-electron chi connectivity index (χ3n) is 3.36. The molecule has 2 rings (SSSR count). The zero-order valence-corrected chi connectivity index (χ0v) is 10.9. The van der Waals surface area contributed by atoms with Gasteiger partial charge in [0.1, 0.15) is 5.69 Å². The molecule has 0 radical (unpaired) electrons. The topological polar surface area (TPSA) is 98.4 Å². The van der Waals surface area contributed by atoms with Crippen LogP contribution in [0, 0.1) is 5.92 Å². The van der Waals surface area contributed by atoms with Gasteiger partial charge in [-0.25, -0.2) is 9.59 Å². The number of imidazole rings is 1. The van der Waals surface area contributed by atoms with Gasteiger partial charge in [-0.2, -0.15) is 0 Å². The maximum atomic E-state index is 11.2. The van der Waals surface area contributed by atoms with Crippen LogP contribution in [0.1, 0.15) is 29.0 Å². The third-order valence-corrected chi connectivity index (χ3v) is 3.36. The molecule has 0 saturated carbocycles. The number of carbonyl (C=O) groups is 1. The van der Waals surface area contributed by atoms with Crippen LogP contribution in [0.4, 0.5) is 0 Å². The van der Waals surface area contributed by atoms with Crippen LogP contribution in [0.25, 0.3) is 0 Å². The van der Waals surface area contributed by atoms with Gasteiger partial charge in [-0.15, -0.1) is 0 Å². The zero-order valence-electron chi connectivity index (χ0n) is 10.9. The Hall–Kier alpha value is -1.60. The summed E-state index contributed by atoms with van der Waals surface area (Å²) in [6.45, 7) is 2.87. The number of aromatic carboxylic acids is 1. The summed E-state index contributed by atoms with van der Waals surface area (Å²) < 4.78 is 5.30. The lowest BCUT2D eigenvalue weighted by molar-refractivity contribution is 0.0547. The molecule has 1 aliphatic heterocycles. The lowest BCUT2D eigenvalue weighted by atomic mass is 10.00. The lowest BCUT2D eigenvalue weighted by Crippen LogP contribution is -2.30. The standard InChI is InChI=1S/C12H19N3O4/c1-15(6-8-2-4-19-5-3-8)7-9-10(11(16)17)14-12(18)13-9/h8H,2-7H2,1H3,(H,16,17)(H2,13,14,18). The minimum absolute atomic E-state index is 0.0520. The van der Waals surface area contributed by atoms with Gasteiger partial charge in [-0.3, -0.25) is 4.98 Å². The molecule has 1 saturated heterocycles. The quantitative estimate of drug-likeness (QED) is 0.712. The SMILES string of the molecule is CN(Cc1[nH]c(=O)[nH]c1C(=O)O)CC1CCOCC1. The normalized spacial score (nSPS) is 16.9. The Morgan fingerprint density at radius 3 is 2.74 bits per heavy atom. The second kappa shape index (κ2) is 6.03. The van der Waals surface area contributed by atoms with E-state index in [2.05, 4.69) is 9.97 Å². The van der Waals surface area contributed by atoms with E-state index in [1.54, 1.807) is 0 Å². The van der Waals surface area contributed by atoms with Crippen LogP contribution in [0.2, 0.25) is 0 Å². The molecule has 0 unspecified atom stereocenters. The first-order chi connectivity index (χ1) is 9.06. The van der Waals surface area contributed by atoms with Gasteiger partial charge in [0, 0.05) is 26.3 Å². The van der Waals surface area contributed by atoms with Crippen molar-refractivity contribution in [2.75, 3.05) is 26.8 Å². The van der Waals surface area contributed by atoms with Gasteiger partial charge in [0.15, 0.2) is 0 Å². The van der Waals surface area contributed by atoms with E-state index >= 15 is 0 Å². The first kappa shape index (κ1) is 13.8. The Labute approximate surface area is 110 Å². The lowest BCUT2D eigenvalue weighted by Gasteiger charge is -2.26. The molecule has 1 aromatic rings. The second-order valence-electron chi connectivity index (χ2n) is 4.99. The molecule has 1 aromatic heterocycles. The van der Waals surface area contributed by atoms with Crippen LogP contribution in [-0.2, 0) is 11.3 Å². The first-order valence-corrected chi connectivity index (χ1v) is 6.37. The molecule has 0 spiro atoms. The maximum Gasteiger partial charge on any atom is 0.354 e. The van der Waals surface area contributed by atoms with Crippen LogP contribution < -0.4 is 5.69 Å². The number of aromatic amines is 2. The van der Waals surface area contributed by atoms with E-state index in [0.29, 0.717) is 18.2 Å².